The summed E-state index contributed by atoms with van der Waals surface area (Å²) < 4.78 is 27.7. The molecule has 4 heteroatoms. The first kappa shape index (κ1) is 53.7. The van der Waals surface area contributed by atoms with Crippen LogP contribution in [0.5, 0.6) is 23.0 Å². The second kappa shape index (κ2) is 26.6. The maximum Gasteiger partial charge on any atom is 0.149 e. The number of allylic oxidation sites excluding steroid dienone is 4. The fourth-order valence-corrected chi connectivity index (χ4v) is 11.6. The molecule has 0 radical (unpaired) electrons. The minimum absolute atomic E-state index is 0.172. The average Bonchev–Trinajstić information content (AvgIpc) is 3.72. The van der Waals surface area contributed by atoms with Gasteiger partial charge in [0.2, 0.25) is 0 Å². The van der Waals surface area contributed by atoms with Crippen LogP contribution in [0.2, 0.25) is 0 Å². The highest BCUT2D eigenvalue weighted by Crippen LogP contribution is 2.46. The predicted octanol–water partition coefficient (Wildman–Crippen LogP) is 19.5. The SMILES string of the molecule is C1=CCC(C(COc2ccc(C(c3ccc(OC(c4ccccc4)c4ccccc4)cc3)C(c3ccc(OC(c4ccccc4)c4ccccc4)cc3)c3ccc(OC(c4ccccc4)c4ccccc4)cc3)cc2)c2ccccc2)C=C1. The molecule has 12 rings (SSSR count). The molecule has 1 aliphatic carbocycles. The lowest BCUT2D eigenvalue weighted by molar-refractivity contribution is 0.247. The van der Waals surface area contributed by atoms with Gasteiger partial charge >= 0.3 is 0 Å². The fourth-order valence-electron chi connectivity index (χ4n) is 11.6. The van der Waals surface area contributed by atoms with Crippen molar-refractivity contribution in [2.24, 2.45) is 5.92 Å². The third kappa shape index (κ3) is 13.3. The van der Waals surface area contributed by atoms with Crippen LogP contribution >= 0.6 is 0 Å². The second-order valence-electron chi connectivity index (χ2n) is 21.2. The molecule has 11 aromatic rings. The second-order valence-corrected chi connectivity index (χ2v) is 21.2. The van der Waals surface area contributed by atoms with Crippen LogP contribution in [0.25, 0.3) is 0 Å². The largest absolute Gasteiger partial charge is 0.493 e. The summed E-state index contributed by atoms with van der Waals surface area (Å²) in [6.07, 6.45) is 8.98. The molecule has 0 fully saturated rings. The Morgan fingerprint density at radius 1 is 0.265 bits per heavy atom. The molecule has 0 heterocycles. The van der Waals surface area contributed by atoms with Gasteiger partial charge < -0.3 is 18.9 Å². The maximum absolute atomic E-state index is 6.96. The van der Waals surface area contributed by atoms with Gasteiger partial charge in [-0.1, -0.05) is 285 Å². The summed E-state index contributed by atoms with van der Waals surface area (Å²) in [4.78, 5) is 0. The van der Waals surface area contributed by atoms with Crippen LogP contribution in [0.15, 0.2) is 334 Å². The molecule has 406 valence electrons. The topological polar surface area (TPSA) is 36.9 Å². The number of rotatable bonds is 22. The lowest BCUT2D eigenvalue weighted by atomic mass is 9.73. The molecule has 0 aromatic heterocycles. The molecule has 4 nitrogen and oxygen atoms in total. The van der Waals surface area contributed by atoms with E-state index in [1.807, 2.05) is 36.4 Å². The lowest BCUT2D eigenvalue weighted by Gasteiger charge is -2.31. The summed E-state index contributed by atoms with van der Waals surface area (Å²) in [5.41, 5.74) is 12.3. The first-order chi connectivity index (χ1) is 41.2. The van der Waals surface area contributed by atoms with Crippen molar-refractivity contribution in [3.8, 4) is 23.0 Å². The molecule has 3 atom stereocenters. The van der Waals surface area contributed by atoms with Crippen molar-refractivity contribution >= 4 is 0 Å². The van der Waals surface area contributed by atoms with Crippen LogP contribution in [0.3, 0.4) is 0 Å². The van der Waals surface area contributed by atoms with E-state index in [1.165, 1.54) is 5.56 Å². The molecule has 1 aliphatic rings. The summed E-state index contributed by atoms with van der Waals surface area (Å²) in [5.74, 6) is 3.36. The lowest BCUT2D eigenvalue weighted by Crippen LogP contribution is -2.19. The highest BCUT2D eigenvalue weighted by molar-refractivity contribution is 5.50. The van der Waals surface area contributed by atoms with Crippen molar-refractivity contribution in [3.63, 3.8) is 0 Å². The molecule has 11 aromatic carbocycles. The Morgan fingerprint density at radius 3 is 0.795 bits per heavy atom. The van der Waals surface area contributed by atoms with Gasteiger partial charge in [-0.05, 0) is 122 Å². The summed E-state index contributed by atoms with van der Waals surface area (Å²) in [6, 6.07) is 108. The molecule has 0 amide bonds. The Morgan fingerprint density at radius 2 is 0.530 bits per heavy atom. The van der Waals surface area contributed by atoms with E-state index in [4.69, 9.17) is 18.9 Å². The van der Waals surface area contributed by atoms with Gasteiger partial charge in [-0.3, -0.25) is 0 Å². The van der Waals surface area contributed by atoms with E-state index < -0.39 is 0 Å². The minimum atomic E-state index is -0.293. The van der Waals surface area contributed by atoms with Crippen molar-refractivity contribution in [1.29, 1.82) is 0 Å². The van der Waals surface area contributed by atoms with Gasteiger partial charge in [0, 0.05) is 17.8 Å². The van der Waals surface area contributed by atoms with Crippen LogP contribution in [-0.2, 0) is 0 Å². The summed E-state index contributed by atoms with van der Waals surface area (Å²) in [5, 5.41) is 0. The highest BCUT2D eigenvalue weighted by atomic mass is 16.5. The molecule has 0 saturated carbocycles. The van der Waals surface area contributed by atoms with Crippen molar-refractivity contribution in [3.05, 3.63) is 395 Å². The van der Waals surface area contributed by atoms with Crippen molar-refractivity contribution in [2.45, 2.75) is 42.5 Å². The first-order valence-corrected chi connectivity index (χ1v) is 28.9. The Labute approximate surface area is 489 Å². The Balaban J connectivity index is 0.934. The minimum Gasteiger partial charge on any atom is -0.493 e. The van der Waals surface area contributed by atoms with Crippen molar-refractivity contribution < 1.29 is 18.9 Å². The van der Waals surface area contributed by atoms with Gasteiger partial charge in [-0.25, -0.2) is 0 Å². The number of benzene rings is 11. The van der Waals surface area contributed by atoms with Gasteiger partial charge in [0.15, 0.2) is 0 Å². The molecule has 83 heavy (non-hydrogen) atoms. The molecular formula is C79H66O4. The van der Waals surface area contributed by atoms with Crippen LogP contribution in [0.4, 0.5) is 0 Å². The van der Waals surface area contributed by atoms with Gasteiger partial charge in [-0.2, -0.15) is 0 Å². The monoisotopic (exact) mass is 1080 g/mol. The van der Waals surface area contributed by atoms with E-state index >= 15 is 0 Å². The molecule has 0 N–H and O–H groups in total. The third-order valence-corrected chi connectivity index (χ3v) is 15.9. The molecule has 0 aliphatic heterocycles. The van der Waals surface area contributed by atoms with E-state index in [0.717, 1.165) is 85.1 Å². The van der Waals surface area contributed by atoms with E-state index in [9.17, 15) is 0 Å². The Hall–Kier alpha value is -9.90. The van der Waals surface area contributed by atoms with Gasteiger partial charge in [0.1, 0.15) is 41.3 Å². The Kier molecular flexibility index (Phi) is 17.2. The van der Waals surface area contributed by atoms with Gasteiger partial charge in [0.25, 0.3) is 0 Å². The number of hydrogen-bond donors (Lipinski definition) is 0. The van der Waals surface area contributed by atoms with E-state index in [2.05, 4.69) is 297 Å². The van der Waals surface area contributed by atoms with Crippen molar-refractivity contribution in [2.75, 3.05) is 6.61 Å². The fraction of sp³-hybridized carbons (Fsp3) is 0.114. The normalized spacial score (nSPS) is 13.7. The van der Waals surface area contributed by atoms with Gasteiger partial charge in [0.05, 0.1) is 6.61 Å². The zero-order valence-electron chi connectivity index (χ0n) is 46.3. The van der Waals surface area contributed by atoms with E-state index in [-0.39, 0.29) is 36.1 Å². The van der Waals surface area contributed by atoms with Crippen LogP contribution < -0.4 is 18.9 Å². The standard InChI is InChI=1S/C79H66O4/c1-9-25-58(26-10-1)74(59-27-11-2-12-28-59)57-80-70-49-41-60(42-50-70)75(61-43-51-71(52-44-61)81-77(64-29-13-3-14-30-64)65-31-15-4-16-32-65)76(62-45-53-72(54-46-62)82-78(66-33-17-5-18-34-66)67-35-19-6-20-36-67)63-47-55-73(56-48-63)83-79(68-37-21-7-22-38-68)69-39-23-8-24-40-69/h1-27,29-56,59,74-79H,28,57H2. The quantitative estimate of drug-likeness (QED) is 0.0678. The van der Waals surface area contributed by atoms with Crippen LogP contribution in [-0.4, -0.2) is 6.61 Å². The van der Waals surface area contributed by atoms with E-state index in [1.54, 1.807) is 0 Å². The molecule has 0 spiro atoms. The van der Waals surface area contributed by atoms with E-state index in [0.29, 0.717) is 12.5 Å². The number of hydrogen-bond acceptors (Lipinski definition) is 4. The molecule has 3 unspecified atom stereocenters. The van der Waals surface area contributed by atoms with Gasteiger partial charge in [-0.15, -0.1) is 0 Å². The summed E-state index contributed by atoms with van der Waals surface area (Å²) >= 11 is 0. The summed E-state index contributed by atoms with van der Waals surface area (Å²) in [7, 11) is 0. The smallest absolute Gasteiger partial charge is 0.149 e. The first-order valence-electron chi connectivity index (χ1n) is 28.9. The number of ether oxygens (including phenoxy) is 4. The zero-order valence-corrected chi connectivity index (χ0v) is 46.3. The zero-order chi connectivity index (χ0) is 55.8. The van der Waals surface area contributed by atoms with Crippen LogP contribution in [0, 0.1) is 5.92 Å². The maximum atomic E-state index is 6.96. The molecule has 0 saturated heterocycles. The van der Waals surface area contributed by atoms with Crippen molar-refractivity contribution in [1.82, 2.24) is 0 Å². The Bertz CT molecular complexity index is 3520. The highest BCUT2D eigenvalue weighted by Gasteiger charge is 2.30. The molecular weight excluding hydrogens is 1010 g/mol. The summed E-state index contributed by atoms with van der Waals surface area (Å²) in [6.45, 7) is 0.556. The third-order valence-electron chi connectivity index (χ3n) is 15.9. The molecule has 0 bridgehead atoms. The van der Waals surface area contributed by atoms with Crippen LogP contribution in [0.1, 0.15) is 104 Å². The predicted molar refractivity (Wildman–Crippen MR) is 337 cm³/mol. The average molecular weight is 1080 g/mol.